The van der Waals surface area contributed by atoms with Gasteiger partial charge in [-0.15, -0.1) is 0 Å². The van der Waals surface area contributed by atoms with Crippen LogP contribution in [0.25, 0.3) is 0 Å². The number of quaternary nitrogens is 1. The normalized spacial score (nSPS) is 15.4. The number of amides is 1. The third kappa shape index (κ3) is 4.80. The maximum Gasteiger partial charge on any atom is 0.251 e. The van der Waals surface area contributed by atoms with Crippen molar-refractivity contribution in [2.24, 2.45) is 0 Å². The Balaban J connectivity index is 1.69. The highest BCUT2D eigenvalue weighted by molar-refractivity contribution is 5.94. The number of carbonyl (C=O) groups is 1. The molecule has 1 aliphatic rings. The Kier molecular flexibility index (Phi) is 6.35. The van der Waals surface area contributed by atoms with Crippen molar-refractivity contribution in [3.8, 4) is 5.75 Å². The predicted molar refractivity (Wildman–Crippen MR) is 109 cm³/mol. The molecular weight excluding hydrogens is 338 g/mol. The van der Waals surface area contributed by atoms with Gasteiger partial charge in [-0.3, -0.25) is 4.79 Å². The number of likely N-dealkylation sites (tertiary alicyclic amines) is 1. The molecule has 1 saturated heterocycles. The largest absolute Gasteiger partial charge is 0.497 e. The average molecular weight is 369 g/mol. The fraction of sp³-hybridized carbons (Fsp3) is 0.409. The SMILES string of the molecule is COc1ccc([C@H](CNC(=O)c2ccc(N(C)C)cc2)[NH+]2CCCC2)cc1. The highest BCUT2D eigenvalue weighted by Crippen LogP contribution is 2.17. The van der Waals surface area contributed by atoms with Gasteiger partial charge in [-0.25, -0.2) is 0 Å². The summed E-state index contributed by atoms with van der Waals surface area (Å²) in [6.07, 6.45) is 2.50. The molecule has 0 spiro atoms. The maximum atomic E-state index is 12.6. The van der Waals surface area contributed by atoms with E-state index in [1.54, 1.807) is 12.0 Å². The van der Waals surface area contributed by atoms with E-state index in [0.717, 1.165) is 24.5 Å². The van der Waals surface area contributed by atoms with E-state index in [1.807, 2.05) is 55.4 Å². The fourth-order valence-electron chi connectivity index (χ4n) is 3.72. The van der Waals surface area contributed by atoms with Crippen molar-refractivity contribution in [1.29, 1.82) is 0 Å². The number of methoxy groups -OCH3 is 1. The first-order chi connectivity index (χ1) is 13.1. The summed E-state index contributed by atoms with van der Waals surface area (Å²) < 4.78 is 5.28. The van der Waals surface area contributed by atoms with E-state index in [0.29, 0.717) is 12.1 Å². The molecule has 2 N–H and O–H groups in total. The Morgan fingerprint density at radius 1 is 1.07 bits per heavy atom. The average Bonchev–Trinajstić information content (AvgIpc) is 3.23. The zero-order chi connectivity index (χ0) is 19.2. The molecule has 0 bridgehead atoms. The second-order valence-corrected chi connectivity index (χ2v) is 7.34. The second kappa shape index (κ2) is 8.91. The molecule has 2 aromatic rings. The van der Waals surface area contributed by atoms with Gasteiger partial charge in [-0.1, -0.05) is 0 Å². The summed E-state index contributed by atoms with van der Waals surface area (Å²) in [5.41, 5.74) is 3.03. The Morgan fingerprint density at radius 3 is 2.26 bits per heavy atom. The molecule has 3 rings (SSSR count). The minimum atomic E-state index is -0.0163. The number of nitrogens with one attached hydrogen (secondary N) is 2. The van der Waals surface area contributed by atoms with E-state index >= 15 is 0 Å². The van der Waals surface area contributed by atoms with Crippen LogP contribution in [0.5, 0.6) is 5.75 Å². The lowest BCUT2D eigenvalue weighted by molar-refractivity contribution is -0.918. The number of rotatable bonds is 7. The lowest BCUT2D eigenvalue weighted by Gasteiger charge is -2.25. The van der Waals surface area contributed by atoms with Crippen LogP contribution in [-0.2, 0) is 0 Å². The van der Waals surface area contributed by atoms with Gasteiger partial charge in [-0.2, -0.15) is 0 Å². The number of benzene rings is 2. The summed E-state index contributed by atoms with van der Waals surface area (Å²) in [6.45, 7) is 2.95. The van der Waals surface area contributed by atoms with Gasteiger partial charge in [0.1, 0.15) is 11.8 Å². The topological polar surface area (TPSA) is 46.0 Å². The molecule has 1 aliphatic heterocycles. The molecule has 1 amide bonds. The van der Waals surface area contributed by atoms with E-state index in [1.165, 1.54) is 18.4 Å². The highest BCUT2D eigenvalue weighted by atomic mass is 16.5. The molecule has 5 nitrogen and oxygen atoms in total. The zero-order valence-electron chi connectivity index (χ0n) is 16.5. The Bertz CT molecular complexity index is 735. The summed E-state index contributed by atoms with van der Waals surface area (Å²) in [7, 11) is 5.67. The summed E-state index contributed by atoms with van der Waals surface area (Å²) in [5, 5.41) is 3.15. The molecule has 0 unspecified atom stereocenters. The van der Waals surface area contributed by atoms with Gasteiger partial charge in [0.05, 0.1) is 26.7 Å². The summed E-state index contributed by atoms with van der Waals surface area (Å²) in [4.78, 5) is 16.2. The monoisotopic (exact) mass is 368 g/mol. The molecule has 2 aromatic carbocycles. The lowest BCUT2D eigenvalue weighted by atomic mass is 10.0. The Morgan fingerprint density at radius 2 is 1.70 bits per heavy atom. The molecule has 144 valence electrons. The van der Waals surface area contributed by atoms with Gasteiger partial charge < -0.3 is 19.9 Å². The van der Waals surface area contributed by atoms with Crippen molar-refractivity contribution in [2.45, 2.75) is 18.9 Å². The Hall–Kier alpha value is -2.53. The molecule has 5 heteroatoms. The minimum absolute atomic E-state index is 0.0163. The molecule has 1 fully saturated rings. The van der Waals surface area contributed by atoms with Crippen molar-refractivity contribution in [2.75, 3.05) is 45.7 Å². The van der Waals surface area contributed by atoms with Crippen LogP contribution in [0.15, 0.2) is 48.5 Å². The van der Waals surface area contributed by atoms with Crippen LogP contribution in [0.2, 0.25) is 0 Å². The van der Waals surface area contributed by atoms with Gasteiger partial charge in [0.15, 0.2) is 0 Å². The zero-order valence-corrected chi connectivity index (χ0v) is 16.5. The van der Waals surface area contributed by atoms with Gasteiger partial charge in [-0.05, 0) is 48.5 Å². The third-order valence-electron chi connectivity index (χ3n) is 5.37. The standard InChI is InChI=1S/C22H29N3O2/c1-24(2)19-10-6-18(7-11-19)22(26)23-16-21(25-14-4-5-15-25)17-8-12-20(27-3)13-9-17/h6-13,21H,4-5,14-16H2,1-3H3,(H,23,26)/p+1/t21-/m0/s1. The summed E-state index contributed by atoms with van der Waals surface area (Å²) in [5.74, 6) is 0.844. The number of nitrogens with zero attached hydrogens (tertiary/aromatic N) is 1. The summed E-state index contributed by atoms with van der Waals surface area (Å²) in [6, 6.07) is 16.2. The van der Waals surface area contributed by atoms with Gasteiger partial charge in [0.25, 0.3) is 5.91 Å². The van der Waals surface area contributed by atoms with Crippen LogP contribution in [-0.4, -0.2) is 46.7 Å². The van der Waals surface area contributed by atoms with Crippen LogP contribution in [0, 0.1) is 0 Å². The molecular formula is C22H30N3O2+. The van der Waals surface area contributed by atoms with Crippen molar-refractivity contribution < 1.29 is 14.4 Å². The molecule has 0 aromatic heterocycles. The smallest absolute Gasteiger partial charge is 0.251 e. The van der Waals surface area contributed by atoms with E-state index in [-0.39, 0.29) is 11.9 Å². The van der Waals surface area contributed by atoms with E-state index < -0.39 is 0 Å². The van der Waals surface area contributed by atoms with Crippen LogP contribution >= 0.6 is 0 Å². The molecule has 0 saturated carbocycles. The number of hydrogen-bond donors (Lipinski definition) is 2. The number of carbonyl (C=O) groups excluding carboxylic acids is 1. The van der Waals surface area contributed by atoms with E-state index in [9.17, 15) is 4.79 Å². The van der Waals surface area contributed by atoms with Gasteiger partial charge >= 0.3 is 0 Å². The Labute approximate surface area is 161 Å². The molecule has 1 atom stereocenters. The van der Waals surface area contributed by atoms with Crippen molar-refractivity contribution in [3.63, 3.8) is 0 Å². The van der Waals surface area contributed by atoms with Gasteiger partial charge in [0, 0.05) is 43.8 Å². The first-order valence-electron chi connectivity index (χ1n) is 9.62. The lowest BCUT2D eigenvalue weighted by Crippen LogP contribution is -3.11. The van der Waals surface area contributed by atoms with Crippen LogP contribution < -0.4 is 19.9 Å². The first-order valence-corrected chi connectivity index (χ1v) is 9.62. The number of anilines is 1. The van der Waals surface area contributed by atoms with Crippen LogP contribution in [0.4, 0.5) is 5.69 Å². The molecule has 0 radical (unpaired) electrons. The maximum absolute atomic E-state index is 12.6. The molecule has 27 heavy (non-hydrogen) atoms. The second-order valence-electron chi connectivity index (χ2n) is 7.34. The molecule has 1 heterocycles. The van der Waals surface area contributed by atoms with Gasteiger partial charge in [0.2, 0.25) is 0 Å². The van der Waals surface area contributed by atoms with Crippen molar-refractivity contribution in [3.05, 3.63) is 59.7 Å². The number of hydrogen-bond acceptors (Lipinski definition) is 3. The van der Waals surface area contributed by atoms with Crippen molar-refractivity contribution >= 4 is 11.6 Å². The van der Waals surface area contributed by atoms with Crippen molar-refractivity contribution in [1.82, 2.24) is 5.32 Å². The quantitative estimate of drug-likeness (QED) is 0.785. The predicted octanol–water partition coefficient (Wildman–Crippen LogP) is 1.91. The summed E-state index contributed by atoms with van der Waals surface area (Å²) >= 11 is 0. The van der Waals surface area contributed by atoms with E-state index in [4.69, 9.17) is 4.74 Å². The first kappa shape index (κ1) is 19.2. The van der Waals surface area contributed by atoms with Crippen LogP contribution in [0.1, 0.15) is 34.8 Å². The number of ether oxygens (including phenoxy) is 1. The third-order valence-corrected chi connectivity index (χ3v) is 5.37. The minimum Gasteiger partial charge on any atom is -0.497 e. The fourth-order valence-corrected chi connectivity index (χ4v) is 3.72. The van der Waals surface area contributed by atoms with E-state index in [2.05, 4.69) is 17.4 Å². The highest BCUT2D eigenvalue weighted by Gasteiger charge is 2.28. The molecule has 0 aliphatic carbocycles. The van der Waals surface area contributed by atoms with Crippen LogP contribution in [0.3, 0.4) is 0 Å².